The average Bonchev–Trinajstić information content (AvgIpc) is 2.18. The highest BCUT2D eigenvalue weighted by atomic mass is 35.5. The van der Waals surface area contributed by atoms with Gasteiger partial charge in [0.25, 0.3) is 0 Å². The van der Waals surface area contributed by atoms with E-state index in [-0.39, 0.29) is 25.6 Å². The van der Waals surface area contributed by atoms with Gasteiger partial charge in [-0.2, -0.15) is 12.7 Å². The number of amides is 1. The predicted molar refractivity (Wildman–Crippen MR) is 72.7 cm³/mol. The number of hydrogen-bond donors (Lipinski definition) is 2. The van der Waals surface area contributed by atoms with Crippen molar-refractivity contribution < 1.29 is 22.5 Å². The van der Waals surface area contributed by atoms with E-state index >= 15 is 0 Å². The fourth-order valence-corrected chi connectivity index (χ4v) is 1.95. The average molecular weight is 317 g/mol. The number of carbonyl (C=O) groups excluding carboxylic acids is 1. The summed E-state index contributed by atoms with van der Waals surface area (Å²) in [4.78, 5) is 11.3. The number of rotatable bonds is 7. The van der Waals surface area contributed by atoms with Crippen LogP contribution in [0.1, 0.15) is 27.2 Å². The van der Waals surface area contributed by atoms with Crippen molar-refractivity contribution >= 4 is 28.0 Å². The summed E-state index contributed by atoms with van der Waals surface area (Å²) >= 11 is 5.45. The van der Waals surface area contributed by atoms with Crippen molar-refractivity contribution in [3.8, 4) is 0 Å². The summed E-state index contributed by atoms with van der Waals surface area (Å²) in [5.41, 5.74) is -0.432. The summed E-state index contributed by atoms with van der Waals surface area (Å²) in [5, 5.41) is 2.56. The van der Waals surface area contributed by atoms with Gasteiger partial charge in [0, 0.05) is 18.0 Å². The van der Waals surface area contributed by atoms with Gasteiger partial charge >= 0.3 is 16.4 Å². The van der Waals surface area contributed by atoms with Crippen molar-refractivity contribution in [2.75, 3.05) is 25.6 Å². The topological polar surface area (TPSA) is 95.9 Å². The third-order valence-electron chi connectivity index (χ3n) is 1.92. The highest BCUT2D eigenvalue weighted by molar-refractivity contribution is 7.83. The maximum absolute atomic E-state index is 11.3. The number of ether oxygens (including phenoxy) is 1. The molecule has 2 N–H and O–H groups in total. The molecule has 1 amide bonds. The van der Waals surface area contributed by atoms with Crippen LogP contribution in [0.5, 0.6) is 0 Å². The molecule has 0 radical (unpaired) electrons. The molecular formula is C10H21ClN2O5S. The van der Waals surface area contributed by atoms with Crippen molar-refractivity contribution in [1.82, 2.24) is 9.62 Å². The first-order chi connectivity index (χ1) is 8.56. The van der Waals surface area contributed by atoms with Crippen LogP contribution in [0.3, 0.4) is 0 Å². The van der Waals surface area contributed by atoms with Crippen LogP contribution in [0.2, 0.25) is 0 Å². The zero-order valence-electron chi connectivity index (χ0n) is 11.3. The van der Waals surface area contributed by atoms with Crippen LogP contribution in [0, 0.1) is 0 Å². The zero-order chi connectivity index (χ0) is 15.1. The van der Waals surface area contributed by atoms with Gasteiger partial charge in [0.15, 0.2) is 0 Å². The smallest absolute Gasteiger partial charge is 0.407 e. The molecule has 0 saturated carbocycles. The van der Waals surface area contributed by atoms with Gasteiger partial charge in [-0.1, -0.05) is 0 Å². The molecule has 0 aliphatic carbocycles. The highest BCUT2D eigenvalue weighted by Crippen LogP contribution is 2.02. The van der Waals surface area contributed by atoms with E-state index in [1.807, 2.05) is 0 Å². The lowest BCUT2D eigenvalue weighted by Crippen LogP contribution is -2.42. The van der Waals surface area contributed by atoms with Crippen LogP contribution < -0.4 is 5.32 Å². The van der Waals surface area contributed by atoms with E-state index in [4.69, 9.17) is 20.9 Å². The molecule has 0 aliphatic heterocycles. The van der Waals surface area contributed by atoms with Gasteiger partial charge in [-0.25, -0.2) is 4.79 Å². The molecule has 0 aliphatic rings. The summed E-state index contributed by atoms with van der Waals surface area (Å²) in [5.74, 6) is 0.275. The molecule has 0 saturated heterocycles. The minimum Gasteiger partial charge on any atom is -0.448 e. The normalized spacial score (nSPS) is 12.5. The molecule has 0 aromatic heterocycles. The van der Waals surface area contributed by atoms with Gasteiger partial charge in [0.05, 0.1) is 6.54 Å². The monoisotopic (exact) mass is 316 g/mol. The van der Waals surface area contributed by atoms with Gasteiger partial charge in [-0.05, 0) is 27.2 Å². The summed E-state index contributed by atoms with van der Waals surface area (Å²) < 4.78 is 36.6. The molecule has 0 unspecified atom stereocenters. The minimum absolute atomic E-state index is 0.0760. The Morgan fingerprint density at radius 2 is 1.95 bits per heavy atom. The second kappa shape index (κ2) is 7.88. The van der Waals surface area contributed by atoms with Gasteiger partial charge in [-0.15, -0.1) is 11.6 Å². The highest BCUT2D eigenvalue weighted by Gasteiger charge is 2.19. The molecule has 19 heavy (non-hydrogen) atoms. The van der Waals surface area contributed by atoms with E-state index in [9.17, 15) is 13.2 Å². The quantitative estimate of drug-likeness (QED) is 0.544. The molecular weight excluding hydrogens is 296 g/mol. The Kier molecular flexibility index (Phi) is 7.65. The molecule has 0 bridgehead atoms. The number of halogens is 1. The lowest BCUT2D eigenvalue weighted by atomic mass is 10.1. The summed E-state index contributed by atoms with van der Waals surface area (Å²) in [7, 11) is -4.31. The molecule has 9 heteroatoms. The molecule has 0 fully saturated rings. The second-order valence-corrected chi connectivity index (χ2v) is 6.72. The van der Waals surface area contributed by atoms with E-state index in [1.54, 1.807) is 20.8 Å². The molecule has 0 spiro atoms. The van der Waals surface area contributed by atoms with E-state index in [2.05, 4.69) is 5.32 Å². The van der Waals surface area contributed by atoms with Crippen molar-refractivity contribution in [3.05, 3.63) is 0 Å². The molecule has 7 nitrogen and oxygen atoms in total. The Hall–Kier alpha value is -0.570. The maximum atomic E-state index is 11.3. The van der Waals surface area contributed by atoms with Gasteiger partial charge in [0.2, 0.25) is 0 Å². The molecule has 0 aromatic carbocycles. The van der Waals surface area contributed by atoms with Crippen molar-refractivity contribution in [3.63, 3.8) is 0 Å². The fourth-order valence-electron chi connectivity index (χ4n) is 1.16. The van der Waals surface area contributed by atoms with Gasteiger partial charge in [0.1, 0.15) is 6.61 Å². The van der Waals surface area contributed by atoms with E-state index < -0.39 is 21.9 Å². The third-order valence-corrected chi connectivity index (χ3v) is 3.20. The number of nitrogens with one attached hydrogen (secondary N) is 1. The lowest BCUT2D eigenvalue weighted by molar-refractivity contribution is 0.130. The van der Waals surface area contributed by atoms with E-state index in [1.165, 1.54) is 0 Å². The Morgan fingerprint density at radius 3 is 2.37 bits per heavy atom. The summed E-state index contributed by atoms with van der Waals surface area (Å²) in [6.45, 7) is 5.18. The Labute approximate surface area is 119 Å². The molecule has 0 atom stereocenters. The van der Waals surface area contributed by atoms with Crippen molar-refractivity contribution in [2.45, 2.75) is 32.7 Å². The number of hydrogen-bond acceptors (Lipinski definition) is 4. The molecule has 0 heterocycles. The Bertz CT molecular complexity index is 380. The lowest BCUT2D eigenvalue weighted by Gasteiger charge is -2.21. The van der Waals surface area contributed by atoms with Crippen LogP contribution in [-0.2, 0) is 15.0 Å². The number of alkyl halides is 1. The zero-order valence-corrected chi connectivity index (χ0v) is 12.9. The molecule has 114 valence electrons. The van der Waals surface area contributed by atoms with Crippen molar-refractivity contribution in [1.29, 1.82) is 0 Å². The Balaban J connectivity index is 4.17. The molecule has 0 rings (SSSR count). The summed E-state index contributed by atoms with van der Waals surface area (Å²) in [6.07, 6.45) is -0.240. The second-order valence-electron chi connectivity index (χ2n) is 4.93. The first kappa shape index (κ1) is 18.4. The first-order valence-corrected chi connectivity index (χ1v) is 7.73. The van der Waals surface area contributed by atoms with Crippen LogP contribution in [0.15, 0.2) is 0 Å². The number of nitrogens with zero attached hydrogens (tertiary/aromatic N) is 1. The van der Waals surface area contributed by atoms with Gasteiger partial charge < -0.3 is 10.1 Å². The van der Waals surface area contributed by atoms with Crippen LogP contribution in [-0.4, -0.2) is 54.5 Å². The first-order valence-electron chi connectivity index (χ1n) is 5.80. The van der Waals surface area contributed by atoms with Crippen LogP contribution >= 0.6 is 11.6 Å². The minimum atomic E-state index is -4.31. The van der Waals surface area contributed by atoms with E-state index in [0.29, 0.717) is 6.42 Å². The van der Waals surface area contributed by atoms with E-state index in [0.717, 1.165) is 4.31 Å². The van der Waals surface area contributed by atoms with Gasteiger partial charge in [-0.3, -0.25) is 4.55 Å². The van der Waals surface area contributed by atoms with Crippen molar-refractivity contribution in [2.24, 2.45) is 0 Å². The maximum Gasteiger partial charge on any atom is 0.407 e. The summed E-state index contributed by atoms with van der Waals surface area (Å²) in [6, 6.07) is 0. The standard InChI is InChI=1S/C10H21ClN2O5S/c1-10(2,3)12-9(14)18-8-7-13(6-4-5-11)19(15,16)17/h4-8H2,1-3H3,(H,12,14)(H,15,16,17). The third kappa shape index (κ3) is 9.94. The van der Waals surface area contributed by atoms with Crippen LogP contribution in [0.4, 0.5) is 4.79 Å². The number of alkyl carbamates (subject to hydrolysis) is 1. The fraction of sp³-hybridized carbons (Fsp3) is 0.900. The predicted octanol–water partition coefficient (Wildman–Crippen LogP) is 1.24. The number of carbonyl (C=O) groups is 1. The molecule has 0 aromatic rings. The van der Waals surface area contributed by atoms with Crippen LogP contribution in [0.25, 0.3) is 0 Å². The Morgan fingerprint density at radius 1 is 1.37 bits per heavy atom. The SMILES string of the molecule is CC(C)(C)NC(=O)OCCN(CCCCl)S(=O)(=O)O. The largest absolute Gasteiger partial charge is 0.448 e.